The van der Waals surface area contributed by atoms with Crippen molar-refractivity contribution in [3.05, 3.63) is 76.8 Å². The number of nitrogens with one attached hydrogen (secondary N) is 2. The summed E-state index contributed by atoms with van der Waals surface area (Å²) in [6, 6.07) is 13.3. The average molecular weight is 375 g/mol. The molecule has 2 N–H and O–H groups in total. The van der Waals surface area contributed by atoms with Crippen molar-refractivity contribution in [3.8, 4) is 0 Å². The molecule has 5 nitrogen and oxygen atoms in total. The first-order chi connectivity index (χ1) is 12.5. The van der Waals surface area contributed by atoms with Gasteiger partial charge in [-0.25, -0.2) is 8.78 Å². The minimum Gasteiger partial charge on any atom is -0.339 e. The van der Waals surface area contributed by atoms with Gasteiger partial charge < -0.3 is 10.6 Å². The first kappa shape index (κ1) is 17.8. The molecule has 8 heteroatoms. The minimum absolute atomic E-state index is 0.0139. The summed E-state index contributed by atoms with van der Waals surface area (Å²) in [6.45, 7) is 0. The summed E-state index contributed by atoms with van der Waals surface area (Å²) in [4.78, 5) is 12.0. The summed E-state index contributed by atoms with van der Waals surface area (Å²) in [6.07, 6.45) is -0.109. The van der Waals surface area contributed by atoms with Crippen LogP contribution in [-0.4, -0.2) is 16.1 Å². The predicted octanol–water partition coefficient (Wildman–Crippen LogP) is 4.33. The molecule has 3 aromatic rings. The summed E-state index contributed by atoms with van der Waals surface area (Å²) in [5, 5.41) is 13.2. The van der Waals surface area contributed by atoms with Crippen LogP contribution in [0.15, 0.2) is 54.6 Å². The summed E-state index contributed by atoms with van der Waals surface area (Å²) in [5.41, 5.74) is 0.839. The molecule has 1 heterocycles. The van der Waals surface area contributed by atoms with Crippen molar-refractivity contribution in [1.29, 1.82) is 0 Å². The van der Waals surface area contributed by atoms with Crippen LogP contribution < -0.4 is 10.6 Å². The fraction of sp³-hybridized carbons (Fsp3) is 0.0556. The second kappa shape index (κ2) is 7.88. The predicted molar refractivity (Wildman–Crippen MR) is 95.5 cm³/mol. The zero-order valence-corrected chi connectivity index (χ0v) is 14.1. The van der Waals surface area contributed by atoms with E-state index >= 15 is 0 Å². The molecule has 0 saturated heterocycles. The van der Waals surface area contributed by atoms with Crippen molar-refractivity contribution in [2.24, 2.45) is 0 Å². The topological polar surface area (TPSA) is 66.9 Å². The molecule has 3 rings (SSSR count). The van der Waals surface area contributed by atoms with Gasteiger partial charge >= 0.3 is 0 Å². The summed E-state index contributed by atoms with van der Waals surface area (Å²) in [5.74, 6) is -0.744. The zero-order valence-electron chi connectivity index (χ0n) is 13.3. The fourth-order valence-electron chi connectivity index (χ4n) is 2.19. The first-order valence-corrected chi connectivity index (χ1v) is 7.98. The largest absolute Gasteiger partial charge is 0.339 e. The fourth-order valence-corrected chi connectivity index (χ4v) is 2.37. The number of amides is 1. The third kappa shape index (κ3) is 4.52. The Morgan fingerprint density at radius 2 is 1.69 bits per heavy atom. The molecular weight excluding hydrogens is 362 g/mol. The molecular formula is C18H13ClF2N4O. The molecule has 26 heavy (non-hydrogen) atoms. The Kier molecular flexibility index (Phi) is 5.38. The van der Waals surface area contributed by atoms with Crippen LogP contribution in [0.25, 0.3) is 0 Å². The summed E-state index contributed by atoms with van der Waals surface area (Å²) in [7, 11) is 0. The minimum atomic E-state index is -0.517. The molecule has 132 valence electrons. The number of anilines is 3. The lowest BCUT2D eigenvalue weighted by Crippen LogP contribution is -2.16. The second-order valence-electron chi connectivity index (χ2n) is 5.37. The van der Waals surface area contributed by atoms with Gasteiger partial charge in [0, 0.05) is 5.69 Å². The van der Waals surface area contributed by atoms with E-state index in [4.69, 9.17) is 11.6 Å². The molecule has 1 aromatic heterocycles. The highest BCUT2D eigenvalue weighted by atomic mass is 35.5. The standard InChI is InChI=1S/C18H13ClF2N4O/c19-13-10-12(5-6-15(13)21)22-16-7-8-17(25-24-16)23-18(26)9-11-3-1-2-4-14(11)20/h1-8,10H,9H2,(H,22,24)(H,23,25,26). The zero-order chi connectivity index (χ0) is 18.5. The highest BCUT2D eigenvalue weighted by Crippen LogP contribution is 2.22. The van der Waals surface area contributed by atoms with Crippen LogP contribution in [0.5, 0.6) is 0 Å². The number of nitrogens with zero attached hydrogens (tertiary/aromatic N) is 2. The molecule has 0 atom stereocenters. The van der Waals surface area contributed by atoms with Crippen LogP contribution in [-0.2, 0) is 11.2 Å². The second-order valence-corrected chi connectivity index (χ2v) is 5.78. The van der Waals surface area contributed by atoms with Gasteiger partial charge in [-0.1, -0.05) is 29.8 Å². The maximum atomic E-state index is 13.6. The molecule has 0 bridgehead atoms. The van der Waals surface area contributed by atoms with Crippen LogP contribution in [0.1, 0.15) is 5.56 Å². The van der Waals surface area contributed by atoms with E-state index in [0.717, 1.165) is 0 Å². The number of carbonyl (C=O) groups excluding carboxylic acids is 1. The number of benzene rings is 2. The number of carbonyl (C=O) groups is 1. The highest BCUT2D eigenvalue weighted by Gasteiger charge is 2.09. The van der Waals surface area contributed by atoms with E-state index in [1.54, 1.807) is 30.3 Å². The molecule has 0 aliphatic carbocycles. The average Bonchev–Trinajstić information content (AvgIpc) is 2.62. The van der Waals surface area contributed by atoms with Gasteiger partial charge in [0.15, 0.2) is 11.6 Å². The lowest BCUT2D eigenvalue weighted by atomic mass is 10.1. The quantitative estimate of drug-likeness (QED) is 0.697. The van der Waals surface area contributed by atoms with E-state index in [2.05, 4.69) is 20.8 Å². The van der Waals surface area contributed by atoms with Crippen LogP contribution in [0.2, 0.25) is 5.02 Å². The molecule has 0 aliphatic heterocycles. The third-order valence-electron chi connectivity index (χ3n) is 3.43. The number of hydrogen-bond donors (Lipinski definition) is 2. The van der Waals surface area contributed by atoms with Gasteiger partial charge in [0.05, 0.1) is 11.4 Å². The van der Waals surface area contributed by atoms with Crippen molar-refractivity contribution in [3.63, 3.8) is 0 Å². The lowest BCUT2D eigenvalue weighted by molar-refractivity contribution is -0.115. The summed E-state index contributed by atoms with van der Waals surface area (Å²) >= 11 is 5.71. The maximum absolute atomic E-state index is 13.6. The van der Waals surface area contributed by atoms with E-state index in [9.17, 15) is 13.6 Å². The normalized spacial score (nSPS) is 10.4. The Labute approximate surface area is 153 Å². The smallest absolute Gasteiger partial charge is 0.230 e. The van der Waals surface area contributed by atoms with Crippen LogP contribution in [0, 0.1) is 11.6 Å². The molecule has 0 radical (unpaired) electrons. The number of halogens is 3. The van der Waals surface area contributed by atoms with Crippen LogP contribution in [0.3, 0.4) is 0 Å². The van der Waals surface area contributed by atoms with E-state index in [1.165, 1.54) is 24.3 Å². The molecule has 0 fully saturated rings. The molecule has 0 aliphatic rings. The molecule has 0 unspecified atom stereocenters. The molecule has 1 amide bonds. The Morgan fingerprint density at radius 3 is 2.38 bits per heavy atom. The van der Waals surface area contributed by atoms with Gasteiger partial charge in [-0.05, 0) is 42.0 Å². The summed E-state index contributed by atoms with van der Waals surface area (Å²) < 4.78 is 26.7. The maximum Gasteiger partial charge on any atom is 0.230 e. The number of aromatic nitrogens is 2. The SMILES string of the molecule is O=C(Cc1ccccc1F)Nc1ccc(Nc2ccc(F)c(Cl)c2)nn1. The van der Waals surface area contributed by atoms with Crippen molar-refractivity contribution in [1.82, 2.24) is 10.2 Å². The van der Waals surface area contributed by atoms with Crippen molar-refractivity contribution < 1.29 is 13.6 Å². The Balaban J connectivity index is 1.61. The highest BCUT2D eigenvalue weighted by molar-refractivity contribution is 6.31. The van der Waals surface area contributed by atoms with Crippen LogP contribution >= 0.6 is 11.6 Å². The third-order valence-corrected chi connectivity index (χ3v) is 3.72. The van der Waals surface area contributed by atoms with Gasteiger partial charge in [-0.15, -0.1) is 10.2 Å². The Hall–Kier alpha value is -3.06. The monoisotopic (exact) mass is 374 g/mol. The van der Waals surface area contributed by atoms with Crippen molar-refractivity contribution in [2.75, 3.05) is 10.6 Å². The van der Waals surface area contributed by atoms with E-state index in [0.29, 0.717) is 17.1 Å². The van der Waals surface area contributed by atoms with Crippen molar-refractivity contribution in [2.45, 2.75) is 6.42 Å². The van der Waals surface area contributed by atoms with E-state index < -0.39 is 17.5 Å². The molecule has 0 saturated carbocycles. The number of rotatable bonds is 5. The van der Waals surface area contributed by atoms with E-state index in [1.807, 2.05) is 0 Å². The Morgan fingerprint density at radius 1 is 0.962 bits per heavy atom. The van der Waals surface area contributed by atoms with Gasteiger partial charge in [0.2, 0.25) is 5.91 Å². The lowest BCUT2D eigenvalue weighted by Gasteiger charge is -2.07. The first-order valence-electron chi connectivity index (χ1n) is 7.60. The Bertz CT molecular complexity index is 935. The number of hydrogen-bond acceptors (Lipinski definition) is 4. The molecule has 0 spiro atoms. The van der Waals surface area contributed by atoms with Crippen molar-refractivity contribution >= 4 is 34.8 Å². The van der Waals surface area contributed by atoms with Gasteiger partial charge in [-0.2, -0.15) is 0 Å². The molecule has 2 aromatic carbocycles. The van der Waals surface area contributed by atoms with Gasteiger partial charge in [0.1, 0.15) is 11.6 Å². The van der Waals surface area contributed by atoms with Gasteiger partial charge in [0.25, 0.3) is 0 Å². The van der Waals surface area contributed by atoms with Crippen LogP contribution in [0.4, 0.5) is 26.1 Å². The van der Waals surface area contributed by atoms with E-state index in [-0.39, 0.29) is 17.3 Å². The van der Waals surface area contributed by atoms with Gasteiger partial charge in [-0.3, -0.25) is 4.79 Å².